The quantitative estimate of drug-likeness (QED) is 0.892. The van der Waals surface area contributed by atoms with E-state index in [1.54, 1.807) is 4.68 Å². The van der Waals surface area contributed by atoms with Gasteiger partial charge in [0.05, 0.1) is 25.3 Å². The van der Waals surface area contributed by atoms with Crippen molar-refractivity contribution in [2.45, 2.75) is 44.2 Å². The number of aromatic nitrogens is 2. The van der Waals surface area contributed by atoms with Gasteiger partial charge in [-0.3, -0.25) is 9.48 Å². The Morgan fingerprint density at radius 2 is 2.32 bits per heavy atom. The Morgan fingerprint density at radius 1 is 1.50 bits per heavy atom. The lowest BCUT2D eigenvalue weighted by Crippen LogP contribution is -2.55. The van der Waals surface area contributed by atoms with E-state index >= 15 is 0 Å². The number of ether oxygens (including phenoxy) is 1. The molecule has 6 nitrogen and oxygen atoms in total. The molecule has 1 aromatic heterocycles. The minimum absolute atomic E-state index is 0.0612. The maximum atomic E-state index is 12.9. The van der Waals surface area contributed by atoms with Gasteiger partial charge in [-0.2, -0.15) is 5.10 Å². The van der Waals surface area contributed by atoms with Crippen molar-refractivity contribution in [3.05, 3.63) is 18.0 Å². The summed E-state index contributed by atoms with van der Waals surface area (Å²) in [5, 5.41) is 4.19. The van der Waals surface area contributed by atoms with Crippen LogP contribution in [0.15, 0.2) is 12.4 Å². The normalized spacial score (nSPS) is 33.0. The molecule has 1 aromatic rings. The van der Waals surface area contributed by atoms with Crippen LogP contribution in [0.4, 0.5) is 0 Å². The van der Waals surface area contributed by atoms with E-state index in [2.05, 4.69) is 5.10 Å². The van der Waals surface area contributed by atoms with Gasteiger partial charge in [0, 0.05) is 30.9 Å². The molecule has 1 aliphatic carbocycles. The second-order valence-corrected chi connectivity index (χ2v) is 6.90. The van der Waals surface area contributed by atoms with E-state index in [1.165, 1.54) is 0 Å². The lowest BCUT2D eigenvalue weighted by atomic mass is 9.74. The number of morpholine rings is 1. The first kappa shape index (κ1) is 15.5. The topological polar surface area (TPSA) is 73.4 Å². The molecule has 1 saturated carbocycles. The van der Waals surface area contributed by atoms with Gasteiger partial charge in [-0.25, -0.2) is 0 Å². The molecule has 3 unspecified atom stereocenters. The molecular formula is C16H26N4O2. The van der Waals surface area contributed by atoms with Crippen molar-refractivity contribution in [3.63, 3.8) is 0 Å². The molecule has 0 aromatic carbocycles. The van der Waals surface area contributed by atoms with E-state index in [0.717, 1.165) is 31.2 Å². The van der Waals surface area contributed by atoms with Crippen LogP contribution < -0.4 is 5.73 Å². The number of hydrogen-bond acceptors (Lipinski definition) is 4. The molecule has 2 fully saturated rings. The molecule has 1 saturated heterocycles. The summed E-state index contributed by atoms with van der Waals surface area (Å²) >= 11 is 0. The van der Waals surface area contributed by atoms with E-state index in [0.29, 0.717) is 19.7 Å². The molecule has 0 radical (unpaired) electrons. The summed E-state index contributed by atoms with van der Waals surface area (Å²) in [6.07, 6.45) is 7.73. The smallest absolute Gasteiger partial charge is 0.227 e. The van der Waals surface area contributed by atoms with Crippen LogP contribution in [0.1, 0.15) is 44.3 Å². The van der Waals surface area contributed by atoms with Crippen molar-refractivity contribution in [1.29, 1.82) is 0 Å². The number of hydrogen-bond donors (Lipinski definition) is 1. The summed E-state index contributed by atoms with van der Waals surface area (Å²) in [5.74, 6) is 0.135. The first-order valence-corrected chi connectivity index (χ1v) is 8.15. The predicted molar refractivity (Wildman–Crippen MR) is 83.0 cm³/mol. The van der Waals surface area contributed by atoms with Crippen molar-refractivity contribution in [1.82, 2.24) is 14.7 Å². The molecule has 2 N–H and O–H groups in total. The molecule has 122 valence electrons. The van der Waals surface area contributed by atoms with Gasteiger partial charge >= 0.3 is 0 Å². The number of carbonyl (C=O) groups excluding carboxylic acids is 1. The summed E-state index contributed by atoms with van der Waals surface area (Å²) in [6.45, 7) is 3.84. The maximum absolute atomic E-state index is 12.9. The predicted octanol–water partition coefficient (Wildman–Crippen LogP) is 1.23. The van der Waals surface area contributed by atoms with Crippen molar-refractivity contribution in [2.75, 3.05) is 19.7 Å². The zero-order valence-electron chi connectivity index (χ0n) is 13.5. The van der Waals surface area contributed by atoms with Crippen LogP contribution in [0.3, 0.4) is 0 Å². The molecule has 2 heterocycles. The third-order valence-electron chi connectivity index (χ3n) is 5.03. The van der Waals surface area contributed by atoms with Crippen LogP contribution in [-0.4, -0.2) is 45.8 Å². The van der Waals surface area contributed by atoms with Gasteiger partial charge in [-0.05, 0) is 19.8 Å². The molecule has 3 rings (SSSR count). The van der Waals surface area contributed by atoms with E-state index in [1.807, 2.05) is 31.3 Å². The summed E-state index contributed by atoms with van der Waals surface area (Å²) < 4.78 is 7.58. The Labute approximate surface area is 131 Å². The molecule has 3 atom stereocenters. The van der Waals surface area contributed by atoms with Gasteiger partial charge in [0.1, 0.15) is 6.10 Å². The fourth-order valence-electron chi connectivity index (χ4n) is 3.64. The summed E-state index contributed by atoms with van der Waals surface area (Å²) in [5.41, 5.74) is 7.04. The Morgan fingerprint density at radius 3 is 3.00 bits per heavy atom. The largest absolute Gasteiger partial charge is 0.370 e. The molecule has 1 amide bonds. The van der Waals surface area contributed by atoms with Crippen LogP contribution in [0, 0.1) is 5.92 Å². The van der Waals surface area contributed by atoms with Crippen molar-refractivity contribution in [2.24, 2.45) is 18.7 Å². The lowest BCUT2D eigenvalue weighted by Gasteiger charge is -2.42. The molecule has 22 heavy (non-hydrogen) atoms. The average molecular weight is 306 g/mol. The average Bonchev–Trinajstić information content (AvgIpc) is 2.93. The van der Waals surface area contributed by atoms with Crippen molar-refractivity contribution < 1.29 is 9.53 Å². The van der Waals surface area contributed by atoms with Crippen molar-refractivity contribution in [3.8, 4) is 0 Å². The maximum Gasteiger partial charge on any atom is 0.227 e. The fourth-order valence-corrected chi connectivity index (χ4v) is 3.64. The van der Waals surface area contributed by atoms with Crippen LogP contribution >= 0.6 is 0 Å². The Bertz CT molecular complexity index is 540. The first-order chi connectivity index (χ1) is 10.5. The second-order valence-electron chi connectivity index (χ2n) is 6.90. The van der Waals surface area contributed by atoms with Gasteiger partial charge in [0.15, 0.2) is 0 Å². The highest BCUT2D eigenvalue weighted by Crippen LogP contribution is 2.34. The zero-order chi connectivity index (χ0) is 15.7. The van der Waals surface area contributed by atoms with Crippen molar-refractivity contribution >= 4 is 5.91 Å². The third kappa shape index (κ3) is 3.03. The number of carbonyl (C=O) groups is 1. The van der Waals surface area contributed by atoms with E-state index in [4.69, 9.17) is 10.5 Å². The molecular weight excluding hydrogens is 280 g/mol. The van der Waals surface area contributed by atoms with Gasteiger partial charge in [0.2, 0.25) is 5.91 Å². The number of rotatable bonds is 2. The summed E-state index contributed by atoms with van der Waals surface area (Å²) in [6, 6.07) is 0. The zero-order valence-corrected chi connectivity index (χ0v) is 13.5. The number of nitrogens with two attached hydrogens (primary N) is 1. The SMILES string of the molecule is Cn1cc(C2CN(C(=O)C3CCCCC3(C)N)CCO2)cn1. The highest BCUT2D eigenvalue weighted by molar-refractivity contribution is 5.80. The Balaban J connectivity index is 1.70. The molecule has 6 heteroatoms. The molecule has 2 aliphatic rings. The van der Waals surface area contributed by atoms with Crippen LogP contribution in [0.25, 0.3) is 0 Å². The number of amides is 1. The monoisotopic (exact) mass is 306 g/mol. The standard InChI is InChI=1S/C16H26N4O2/c1-16(17)6-4-3-5-13(16)15(21)20-7-8-22-14(11-20)12-9-18-19(2)10-12/h9-10,13-14H,3-8,11,17H2,1-2H3. The number of aryl methyl sites for hydroxylation is 1. The second kappa shape index (κ2) is 6.01. The van der Waals surface area contributed by atoms with Gasteiger partial charge in [0.25, 0.3) is 0 Å². The van der Waals surface area contributed by atoms with E-state index in [-0.39, 0.29) is 23.5 Å². The van der Waals surface area contributed by atoms with Crippen LogP contribution in [0.2, 0.25) is 0 Å². The molecule has 0 spiro atoms. The van der Waals surface area contributed by atoms with Crippen LogP contribution in [0.5, 0.6) is 0 Å². The van der Waals surface area contributed by atoms with Crippen LogP contribution in [-0.2, 0) is 16.6 Å². The van der Waals surface area contributed by atoms with Gasteiger partial charge in [-0.15, -0.1) is 0 Å². The Kier molecular flexibility index (Phi) is 4.23. The Hall–Kier alpha value is -1.40. The van der Waals surface area contributed by atoms with Gasteiger partial charge in [-0.1, -0.05) is 12.8 Å². The minimum Gasteiger partial charge on any atom is -0.370 e. The lowest BCUT2D eigenvalue weighted by molar-refractivity contribution is -0.146. The highest BCUT2D eigenvalue weighted by Gasteiger charge is 2.41. The minimum atomic E-state index is -0.378. The first-order valence-electron chi connectivity index (χ1n) is 8.15. The highest BCUT2D eigenvalue weighted by atomic mass is 16.5. The molecule has 1 aliphatic heterocycles. The molecule has 0 bridgehead atoms. The van der Waals surface area contributed by atoms with Gasteiger partial charge < -0.3 is 15.4 Å². The van der Waals surface area contributed by atoms with E-state index in [9.17, 15) is 4.79 Å². The third-order valence-corrected chi connectivity index (χ3v) is 5.03. The summed E-state index contributed by atoms with van der Waals surface area (Å²) in [7, 11) is 1.89. The number of nitrogens with zero attached hydrogens (tertiary/aromatic N) is 3. The van der Waals surface area contributed by atoms with E-state index < -0.39 is 0 Å². The fraction of sp³-hybridized carbons (Fsp3) is 0.750. The summed E-state index contributed by atoms with van der Waals surface area (Å²) in [4.78, 5) is 14.9.